The van der Waals surface area contributed by atoms with Crippen LogP contribution in [0.25, 0.3) is 6.08 Å². The average Bonchev–Trinajstić information content (AvgIpc) is 3.18. The van der Waals surface area contributed by atoms with Crippen LogP contribution in [0.4, 0.5) is 4.39 Å². The van der Waals surface area contributed by atoms with Crippen molar-refractivity contribution in [2.45, 2.75) is 19.5 Å². The highest BCUT2D eigenvalue weighted by molar-refractivity contribution is 5.91. The van der Waals surface area contributed by atoms with E-state index < -0.39 is 0 Å². The fourth-order valence-corrected chi connectivity index (χ4v) is 3.28. The Morgan fingerprint density at radius 2 is 1.93 bits per heavy atom. The molecule has 0 atom stereocenters. The summed E-state index contributed by atoms with van der Waals surface area (Å²) in [7, 11) is 1.66. The van der Waals surface area contributed by atoms with Crippen molar-refractivity contribution in [3.8, 4) is 0 Å². The van der Waals surface area contributed by atoms with Crippen molar-refractivity contribution < 1.29 is 13.9 Å². The topological polar surface area (TPSA) is 34.5 Å². The molecule has 0 aliphatic rings. The molecule has 3 rings (SSSR count). The van der Waals surface area contributed by atoms with Crippen LogP contribution in [-0.4, -0.2) is 35.6 Å². The van der Waals surface area contributed by atoms with Gasteiger partial charge in [-0.2, -0.15) is 0 Å². The van der Waals surface area contributed by atoms with E-state index in [1.165, 1.54) is 12.1 Å². The number of benzene rings is 2. The van der Waals surface area contributed by atoms with E-state index in [2.05, 4.69) is 0 Å². The van der Waals surface area contributed by atoms with E-state index in [0.717, 1.165) is 23.2 Å². The quantitative estimate of drug-likeness (QED) is 0.360. The number of ether oxygens (including phenoxy) is 1. The van der Waals surface area contributed by atoms with Gasteiger partial charge in [0.25, 0.3) is 0 Å². The Kier molecular flexibility index (Phi) is 7.98. The van der Waals surface area contributed by atoms with E-state index >= 15 is 0 Å². The second-order valence-corrected chi connectivity index (χ2v) is 7.11. The minimum atomic E-state index is -0.247. The SMILES string of the molecule is COCCCN(Cc1cccn1Cc1cccc(F)c1)C(=O)C=Cc1ccccc1. The van der Waals surface area contributed by atoms with Crippen molar-refractivity contribution in [2.75, 3.05) is 20.3 Å². The second-order valence-electron chi connectivity index (χ2n) is 7.11. The molecule has 0 fully saturated rings. The van der Waals surface area contributed by atoms with Gasteiger partial charge in [-0.05, 0) is 47.9 Å². The molecule has 1 aromatic heterocycles. The summed E-state index contributed by atoms with van der Waals surface area (Å²) in [4.78, 5) is 14.7. The number of aromatic nitrogens is 1. The molecule has 0 aliphatic heterocycles. The molecule has 0 N–H and O–H groups in total. The first-order chi connectivity index (χ1) is 14.7. The fourth-order valence-electron chi connectivity index (χ4n) is 3.28. The Bertz CT molecular complexity index is 966. The van der Waals surface area contributed by atoms with Crippen LogP contribution in [0.2, 0.25) is 0 Å². The van der Waals surface area contributed by atoms with Crippen LogP contribution in [0.1, 0.15) is 23.2 Å². The first kappa shape index (κ1) is 21.5. The predicted octanol–water partition coefficient (Wildman–Crippen LogP) is 4.75. The maximum absolute atomic E-state index is 13.5. The lowest BCUT2D eigenvalue weighted by molar-refractivity contribution is -0.126. The van der Waals surface area contributed by atoms with E-state index in [1.54, 1.807) is 19.3 Å². The van der Waals surface area contributed by atoms with E-state index in [1.807, 2.05) is 70.3 Å². The molecule has 0 saturated carbocycles. The van der Waals surface area contributed by atoms with Crippen LogP contribution in [0.15, 0.2) is 79.0 Å². The zero-order valence-electron chi connectivity index (χ0n) is 17.2. The Labute approximate surface area is 177 Å². The zero-order valence-corrected chi connectivity index (χ0v) is 17.2. The van der Waals surface area contributed by atoms with Crippen LogP contribution < -0.4 is 0 Å². The molecule has 1 amide bonds. The monoisotopic (exact) mass is 406 g/mol. The van der Waals surface area contributed by atoms with Crippen molar-refractivity contribution in [3.05, 3.63) is 102 Å². The molecule has 4 nitrogen and oxygen atoms in total. The Morgan fingerprint density at radius 3 is 2.70 bits per heavy atom. The van der Waals surface area contributed by atoms with Gasteiger partial charge in [0.2, 0.25) is 5.91 Å². The summed E-state index contributed by atoms with van der Waals surface area (Å²) >= 11 is 0. The van der Waals surface area contributed by atoms with Crippen molar-refractivity contribution in [1.82, 2.24) is 9.47 Å². The van der Waals surface area contributed by atoms with E-state index in [-0.39, 0.29) is 11.7 Å². The molecule has 2 aromatic carbocycles. The van der Waals surface area contributed by atoms with Gasteiger partial charge in [-0.15, -0.1) is 0 Å². The molecule has 0 unspecified atom stereocenters. The number of hydrogen-bond acceptors (Lipinski definition) is 2. The summed E-state index contributed by atoms with van der Waals surface area (Å²) in [6.45, 7) is 2.22. The standard InChI is InChI=1S/C25H27FN2O2/c1-30-17-7-16-28(25(29)14-13-21-8-3-2-4-9-21)20-24-12-6-15-27(24)19-22-10-5-11-23(26)18-22/h2-6,8-15,18H,7,16-17,19-20H2,1H3. The third kappa shape index (κ3) is 6.42. The number of amides is 1. The van der Waals surface area contributed by atoms with Crippen LogP contribution in [0, 0.1) is 5.82 Å². The molecule has 0 spiro atoms. The summed E-state index contributed by atoms with van der Waals surface area (Å²) in [6, 6.07) is 20.3. The number of methoxy groups -OCH3 is 1. The minimum Gasteiger partial charge on any atom is -0.385 e. The largest absolute Gasteiger partial charge is 0.385 e. The lowest BCUT2D eigenvalue weighted by atomic mass is 10.2. The number of carbonyl (C=O) groups is 1. The van der Waals surface area contributed by atoms with Gasteiger partial charge in [-0.1, -0.05) is 42.5 Å². The number of rotatable bonds is 10. The number of halogens is 1. The van der Waals surface area contributed by atoms with Crippen molar-refractivity contribution in [3.63, 3.8) is 0 Å². The van der Waals surface area contributed by atoms with Crippen LogP contribution in [0.5, 0.6) is 0 Å². The molecule has 5 heteroatoms. The Hall–Kier alpha value is -3.18. The van der Waals surface area contributed by atoms with Gasteiger partial charge in [-0.25, -0.2) is 4.39 Å². The number of carbonyl (C=O) groups excluding carboxylic acids is 1. The molecule has 0 saturated heterocycles. The Morgan fingerprint density at radius 1 is 1.10 bits per heavy atom. The minimum absolute atomic E-state index is 0.0477. The lowest BCUT2D eigenvalue weighted by Gasteiger charge is -2.22. The van der Waals surface area contributed by atoms with Crippen LogP contribution in [0.3, 0.4) is 0 Å². The van der Waals surface area contributed by atoms with Gasteiger partial charge in [-0.3, -0.25) is 4.79 Å². The summed E-state index contributed by atoms with van der Waals surface area (Å²) in [5, 5.41) is 0. The lowest BCUT2D eigenvalue weighted by Crippen LogP contribution is -2.31. The third-order valence-corrected chi connectivity index (χ3v) is 4.82. The smallest absolute Gasteiger partial charge is 0.246 e. The maximum Gasteiger partial charge on any atom is 0.246 e. The van der Waals surface area contributed by atoms with E-state index in [9.17, 15) is 9.18 Å². The highest BCUT2D eigenvalue weighted by Crippen LogP contribution is 2.13. The van der Waals surface area contributed by atoms with Crippen molar-refractivity contribution in [2.24, 2.45) is 0 Å². The summed E-state index contributed by atoms with van der Waals surface area (Å²) < 4.78 is 20.7. The molecule has 3 aromatic rings. The summed E-state index contributed by atoms with van der Waals surface area (Å²) in [6.07, 6.45) is 6.16. The first-order valence-corrected chi connectivity index (χ1v) is 10.0. The molecule has 0 bridgehead atoms. The summed E-state index contributed by atoms with van der Waals surface area (Å²) in [5.74, 6) is -0.294. The van der Waals surface area contributed by atoms with E-state index in [4.69, 9.17) is 4.74 Å². The average molecular weight is 407 g/mol. The molecule has 0 radical (unpaired) electrons. The molecular formula is C25H27FN2O2. The molecule has 0 aliphatic carbocycles. The molecule has 1 heterocycles. The molecular weight excluding hydrogens is 379 g/mol. The van der Waals surface area contributed by atoms with Gasteiger partial charge in [0, 0.05) is 44.8 Å². The number of hydrogen-bond donors (Lipinski definition) is 0. The van der Waals surface area contributed by atoms with Crippen molar-refractivity contribution in [1.29, 1.82) is 0 Å². The summed E-state index contributed by atoms with van der Waals surface area (Å²) in [5.41, 5.74) is 2.86. The maximum atomic E-state index is 13.5. The normalized spacial score (nSPS) is 11.1. The Balaban J connectivity index is 1.72. The van der Waals surface area contributed by atoms with Crippen LogP contribution >= 0.6 is 0 Å². The highest BCUT2D eigenvalue weighted by atomic mass is 19.1. The second kappa shape index (κ2) is 11.1. The van der Waals surface area contributed by atoms with Crippen LogP contribution in [-0.2, 0) is 22.6 Å². The zero-order chi connectivity index (χ0) is 21.2. The van der Waals surface area contributed by atoms with E-state index in [0.29, 0.717) is 26.2 Å². The molecule has 156 valence electrons. The van der Waals surface area contributed by atoms with Crippen molar-refractivity contribution >= 4 is 12.0 Å². The van der Waals surface area contributed by atoms with Gasteiger partial charge in [0.1, 0.15) is 5.82 Å². The van der Waals surface area contributed by atoms with Gasteiger partial charge in [0.15, 0.2) is 0 Å². The van der Waals surface area contributed by atoms with Gasteiger partial charge < -0.3 is 14.2 Å². The highest BCUT2D eigenvalue weighted by Gasteiger charge is 2.14. The number of nitrogens with zero attached hydrogens (tertiary/aromatic N) is 2. The van der Waals surface area contributed by atoms with Gasteiger partial charge in [0.05, 0.1) is 6.54 Å². The predicted molar refractivity (Wildman–Crippen MR) is 117 cm³/mol. The molecule has 30 heavy (non-hydrogen) atoms. The first-order valence-electron chi connectivity index (χ1n) is 10.0. The fraction of sp³-hybridized carbons (Fsp3) is 0.240. The third-order valence-electron chi connectivity index (χ3n) is 4.82. The van der Waals surface area contributed by atoms with Gasteiger partial charge >= 0.3 is 0 Å².